The van der Waals surface area contributed by atoms with Crippen LogP contribution in [0.15, 0.2) is 36.7 Å². The minimum Gasteiger partial charge on any atom is -0.496 e. The Morgan fingerprint density at radius 2 is 2.17 bits per heavy atom. The van der Waals surface area contributed by atoms with E-state index in [-0.39, 0.29) is 5.97 Å². The number of cyclic esters (lactones) is 1. The molecule has 0 N–H and O–H groups in total. The molecule has 0 saturated heterocycles. The standard InChI is InChI=1S/C14H13NO3/c1-17-13-5-3-2-4-10(13)6-15-7-11-9-18-14(16)12(11)8-15/h2-5,7-8H,6,9H2,1H3. The number of fused-ring (bicyclic) bond motifs is 1. The fraction of sp³-hybridized carbons (Fsp3) is 0.214. The van der Waals surface area contributed by atoms with Gasteiger partial charge in [0.25, 0.3) is 0 Å². The zero-order valence-corrected chi connectivity index (χ0v) is 10.1. The Morgan fingerprint density at radius 3 is 2.94 bits per heavy atom. The van der Waals surface area contributed by atoms with Gasteiger partial charge in [0.05, 0.1) is 19.2 Å². The number of rotatable bonds is 3. The third-order valence-corrected chi connectivity index (χ3v) is 3.09. The maximum absolute atomic E-state index is 11.4. The molecule has 0 atom stereocenters. The molecule has 0 aliphatic carbocycles. The second kappa shape index (κ2) is 4.22. The molecule has 0 saturated carbocycles. The number of carbonyl (C=O) groups is 1. The summed E-state index contributed by atoms with van der Waals surface area (Å²) in [5.74, 6) is 0.623. The third kappa shape index (κ3) is 1.76. The van der Waals surface area contributed by atoms with Gasteiger partial charge >= 0.3 is 5.97 Å². The molecule has 1 aromatic carbocycles. The predicted molar refractivity (Wildman–Crippen MR) is 65.6 cm³/mol. The van der Waals surface area contributed by atoms with Gasteiger partial charge in [0.15, 0.2) is 0 Å². The van der Waals surface area contributed by atoms with Crippen LogP contribution in [0.4, 0.5) is 0 Å². The van der Waals surface area contributed by atoms with E-state index in [1.807, 2.05) is 41.2 Å². The first-order chi connectivity index (χ1) is 8.78. The van der Waals surface area contributed by atoms with E-state index in [0.29, 0.717) is 18.7 Å². The van der Waals surface area contributed by atoms with Crippen molar-refractivity contribution < 1.29 is 14.3 Å². The molecule has 4 nitrogen and oxygen atoms in total. The summed E-state index contributed by atoms with van der Waals surface area (Å²) in [5, 5.41) is 0. The van der Waals surface area contributed by atoms with Crippen LogP contribution in [0.3, 0.4) is 0 Å². The summed E-state index contributed by atoms with van der Waals surface area (Å²) in [7, 11) is 1.66. The van der Waals surface area contributed by atoms with E-state index in [4.69, 9.17) is 9.47 Å². The zero-order valence-electron chi connectivity index (χ0n) is 10.1. The lowest BCUT2D eigenvalue weighted by atomic mass is 10.2. The van der Waals surface area contributed by atoms with Crippen molar-refractivity contribution in [3.05, 3.63) is 53.3 Å². The first-order valence-electron chi connectivity index (χ1n) is 5.75. The van der Waals surface area contributed by atoms with E-state index in [1.165, 1.54) is 0 Å². The molecule has 3 rings (SSSR count). The number of carbonyl (C=O) groups excluding carboxylic acids is 1. The maximum atomic E-state index is 11.4. The summed E-state index contributed by atoms with van der Waals surface area (Å²) >= 11 is 0. The summed E-state index contributed by atoms with van der Waals surface area (Å²) < 4.78 is 12.2. The number of hydrogen-bond donors (Lipinski definition) is 0. The Labute approximate surface area is 105 Å². The minimum atomic E-state index is -0.233. The van der Waals surface area contributed by atoms with Gasteiger partial charge in [-0.25, -0.2) is 4.79 Å². The number of methoxy groups -OCH3 is 1. The van der Waals surface area contributed by atoms with E-state index in [9.17, 15) is 4.79 Å². The smallest absolute Gasteiger partial charge is 0.340 e. The summed E-state index contributed by atoms with van der Waals surface area (Å²) in [6.07, 6.45) is 3.78. The molecule has 1 aromatic heterocycles. The van der Waals surface area contributed by atoms with Crippen molar-refractivity contribution in [3.8, 4) is 5.75 Å². The quantitative estimate of drug-likeness (QED) is 0.776. The first kappa shape index (κ1) is 10.9. The first-order valence-corrected chi connectivity index (χ1v) is 5.75. The monoisotopic (exact) mass is 243 g/mol. The zero-order chi connectivity index (χ0) is 12.5. The summed E-state index contributed by atoms with van der Waals surface area (Å²) in [6.45, 7) is 1.07. The highest BCUT2D eigenvalue weighted by atomic mass is 16.5. The third-order valence-electron chi connectivity index (χ3n) is 3.09. The van der Waals surface area contributed by atoms with Crippen molar-refractivity contribution in [2.75, 3.05) is 7.11 Å². The topological polar surface area (TPSA) is 40.5 Å². The number of para-hydroxylation sites is 1. The molecule has 92 valence electrons. The van der Waals surface area contributed by atoms with Gasteiger partial charge in [-0.05, 0) is 6.07 Å². The van der Waals surface area contributed by atoms with Gasteiger partial charge in [-0.2, -0.15) is 0 Å². The normalized spacial score (nSPS) is 13.3. The van der Waals surface area contributed by atoms with Gasteiger partial charge in [-0.3, -0.25) is 0 Å². The van der Waals surface area contributed by atoms with Gasteiger partial charge in [0.1, 0.15) is 12.4 Å². The van der Waals surface area contributed by atoms with Crippen molar-refractivity contribution in [1.29, 1.82) is 0 Å². The van der Waals surface area contributed by atoms with Gasteiger partial charge in [-0.15, -0.1) is 0 Å². The van der Waals surface area contributed by atoms with Crippen LogP contribution in [0, 0.1) is 0 Å². The van der Waals surface area contributed by atoms with Crippen LogP contribution in [0.25, 0.3) is 0 Å². The van der Waals surface area contributed by atoms with Crippen LogP contribution in [0.1, 0.15) is 21.5 Å². The molecule has 1 aliphatic rings. The number of nitrogens with zero attached hydrogens (tertiary/aromatic N) is 1. The van der Waals surface area contributed by atoms with Crippen LogP contribution in [-0.2, 0) is 17.9 Å². The Hall–Kier alpha value is -2.23. The summed E-state index contributed by atoms with van der Waals surface area (Å²) in [4.78, 5) is 11.4. The fourth-order valence-electron chi connectivity index (χ4n) is 2.20. The average molecular weight is 243 g/mol. The second-order valence-electron chi connectivity index (χ2n) is 4.26. The highest BCUT2D eigenvalue weighted by Gasteiger charge is 2.23. The molecule has 0 bridgehead atoms. The SMILES string of the molecule is COc1ccccc1Cn1cc2c(c1)C(=O)OC2. The van der Waals surface area contributed by atoms with Crippen molar-refractivity contribution in [2.24, 2.45) is 0 Å². The summed E-state index contributed by atoms with van der Waals surface area (Å²) in [6, 6.07) is 7.86. The second-order valence-corrected chi connectivity index (χ2v) is 4.26. The molecular weight excluding hydrogens is 230 g/mol. The van der Waals surface area contributed by atoms with E-state index < -0.39 is 0 Å². The number of ether oxygens (including phenoxy) is 2. The molecular formula is C14H13NO3. The molecule has 0 unspecified atom stereocenters. The molecule has 0 radical (unpaired) electrons. The Morgan fingerprint density at radius 1 is 1.33 bits per heavy atom. The molecule has 1 aliphatic heterocycles. The number of esters is 1. The van der Waals surface area contributed by atoms with E-state index in [0.717, 1.165) is 16.9 Å². The molecule has 2 heterocycles. The average Bonchev–Trinajstić information content (AvgIpc) is 2.93. The van der Waals surface area contributed by atoms with Crippen molar-refractivity contribution >= 4 is 5.97 Å². The van der Waals surface area contributed by atoms with Crippen LogP contribution >= 0.6 is 0 Å². The summed E-state index contributed by atoms with van der Waals surface area (Å²) in [5.41, 5.74) is 2.71. The van der Waals surface area contributed by atoms with Gasteiger partial charge in [0, 0.05) is 23.5 Å². The lowest BCUT2D eigenvalue weighted by Gasteiger charge is -2.09. The van der Waals surface area contributed by atoms with E-state index >= 15 is 0 Å². The van der Waals surface area contributed by atoms with Crippen molar-refractivity contribution in [1.82, 2.24) is 4.57 Å². The highest BCUT2D eigenvalue weighted by Crippen LogP contribution is 2.23. The van der Waals surface area contributed by atoms with Crippen molar-refractivity contribution in [2.45, 2.75) is 13.2 Å². The molecule has 0 fully saturated rings. The number of hydrogen-bond acceptors (Lipinski definition) is 3. The fourth-order valence-corrected chi connectivity index (χ4v) is 2.20. The number of aromatic nitrogens is 1. The lowest BCUT2D eigenvalue weighted by molar-refractivity contribution is 0.0533. The van der Waals surface area contributed by atoms with Crippen LogP contribution in [-0.4, -0.2) is 17.6 Å². The highest BCUT2D eigenvalue weighted by molar-refractivity contribution is 5.93. The van der Waals surface area contributed by atoms with Crippen LogP contribution in [0.2, 0.25) is 0 Å². The number of benzene rings is 1. The van der Waals surface area contributed by atoms with Crippen LogP contribution in [0.5, 0.6) is 5.75 Å². The van der Waals surface area contributed by atoms with Gasteiger partial charge in [-0.1, -0.05) is 18.2 Å². The van der Waals surface area contributed by atoms with Crippen LogP contribution < -0.4 is 4.74 Å². The predicted octanol–water partition coefficient (Wildman–Crippen LogP) is 2.22. The Bertz CT molecular complexity index is 601. The molecule has 0 spiro atoms. The Balaban J connectivity index is 1.89. The molecule has 2 aromatic rings. The van der Waals surface area contributed by atoms with E-state index in [2.05, 4.69) is 0 Å². The lowest BCUT2D eigenvalue weighted by Crippen LogP contribution is -2.01. The van der Waals surface area contributed by atoms with E-state index in [1.54, 1.807) is 7.11 Å². The van der Waals surface area contributed by atoms with Crippen molar-refractivity contribution in [3.63, 3.8) is 0 Å². The Kier molecular flexibility index (Phi) is 2.55. The van der Waals surface area contributed by atoms with Gasteiger partial charge in [0.2, 0.25) is 0 Å². The molecule has 4 heteroatoms. The minimum absolute atomic E-state index is 0.233. The molecule has 0 amide bonds. The van der Waals surface area contributed by atoms with Gasteiger partial charge < -0.3 is 14.0 Å². The molecule has 18 heavy (non-hydrogen) atoms. The maximum Gasteiger partial charge on any atom is 0.340 e. The largest absolute Gasteiger partial charge is 0.496 e.